The molecule has 1 aromatic rings. The maximum Gasteiger partial charge on any atom is 0.307 e. The molecule has 0 aliphatic heterocycles. The molecule has 21 heavy (non-hydrogen) atoms. The van der Waals surface area contributed by atoms with Crippen molar-refractivity contribution in [1.29, 1.82) is 0 Å². The van der Waals surface area contributed by atoms with Gasteiger partial charge in [0.2, 0.25) is 5.91 Å². The van der Waals surface area contributed by atoms with E-state index in [0.717, 1.165) is 12.8 Å². The number of hydrogen-bond donors (Lipinski definition) is 1. The van der Waals surface area contributed by atoms with E-state index in [2.05, 4.69) is 10.1 Å². The van der Waals surface area contributed by atoms with Crippen molar-refractivity contribution in [3.05, 3.63) is 17.0 Å². The molecule has 2 amide bonds. The van der Waals surface area contributed by atoms with Crippen molar-refractivity contribution < 1.29 is 19.1 Å². The van der Waals surface area contributed by atoms with Crippen molar-refractivity contribution in [3.8, 4) is 0 Å². The fourth-order valence-electron chi connectivity index (χ4n) is 1.74. The van der Waals surface area contributed by atoms with Crippen molar-refractivity contribution in [2.75, 3.05) is 26.0 Å². The van der Waals surface area contributed by atoms with Gasteiger partial charge in [-0.3, -0.25) is 14.4 Å². The number of ether oxygens (including phenoxy) is 1. The highest BCUT2D eigenvalue weighted by atomic mass is 32.1. The number of nitrogens with zero attached hydrogens (tertiary/aromatic N) is 1. The van der Waals surface area contributed by atoms with Crippen LogP contribution in [0.3, 0.4) is 0 Å². The fourth-order valence-corrected chi connectivity index (χ4v) is 2.64. The van der Waals surface area contributed by atoms with Crippen LogP contribution in [0.4, 0.5) is 5.00 Å². The molecule has 7 heteroatoms. The van der Waals surface area contributed by atoms with Crippen LogP contribution in [-0.4, -0.2) is 43.4 Å². The van der Waals surface area contributed by atoms with E-state index in [1.165, 1.54) is 23.3 Å². The Hall–Kier alpha value is -1.89. The van der Waals surface area contributed by atoms with Gasteiger partial charge in [0.15, 0.2) is 0 Å². The molecule has 1 N–H and O–H groups in total. The van der Waals surface area contributed by atoms with Crippen LogP contribution in [0, 0.1) is 5.92 Å². The van der Waals surface area contributed by atoms with E-state index >= 15 is 0 Å². The number of carbonyl (C=O) groups excluding carboxylic acids is 3. The van der Waals surface area contributed by atoms with Crippen LogP contribution in [0.1, 0.15) is 28.9 Å². The van der Waals surface area contributed by atoms with Gasteiger partial charge in [-0.1, -0.05) is 0 Å². The molecule has 0 atom stereocenters. The van der Waals surface area contributed by atoms with Crippen LogP contribution in [0.2, 0.25) is 0 Å². The number of nitrogens with one attached hydrogen (secondary N) is 1. The predicted octanol–water partition coefficient (Wildman–Crippen LogP) is 1.73. The third-order valence-electron chi connectivity index (χ3n) is 3.24. The van der Waals surface area contributed by atoms with Gasteiger partial charge in [0.25, 0.3) is 5.91 Å². The maximum atomic E-state index is 12.2. The lowest BCUT2D eigenvalue weighted by atomic mass is 10.3. The number of anilines is 1. The first-order chi connectivity index (χ1) is 10.0. The lowest BCUT2D eigenvalue weighted by Crippen LogP contribution is -2.28. The molecule has 1 aliphatic rings. The summed E-state index contributed by atoms with van der Waals surface area (Å²) in [6.07, 6.45) is 2.05. The van der Waals surface area contributed by atoms with Gasteiger partial charge in [-0.05, 0) is 25.0 Å². The van der Waals surface area contributed by atoms with Crippen LogP contribution in [0.15, 0.2) is 12.1 Å². The Morgan fingerprint density at radius 3 is 2.71 bits per heavy atom. The van der Waals surface area contributed by atoms with E-state index in [4.69, 9.17) is 0 Å². The first-order valence-electron chi connectivity index (χ1n) is 6.74. The number of amides is 2. The minimum absolute atomic E-state index is 0.0231. The first-order valence-corrected chi connectivity index (χ1v) is 7.56. The van der Waals surface area contributed by atoms with E-state index in [1.54, 1.807) is 19.2 Å². The monoisotopic (exact) mass is 310 g/mol. The molecule has 1 aliphatic carbocycles. The van der Waals surface area contributed by atoms with Crippen LogP contribution >= 0.6 is 11.3 Å². The Labute approximate surface area is 127 Å². The Kier molecular flexibility index (Phi) is 4.95. The molecule has 2 rings (SSSR count). The molecule has 1 aromatic heterocycles. The number of thiophene rings is 1. The SMILES string of the molecule is COC(=O)CCN(C)C(=O)c1ccc(NC(=O)C2CC2)s1. The number of esters is 1. The summed E-state index contributed by atoms with van der Waals surface area (Å²) in [5, 5.41) is 3.49. The normalized spacial score (nSPS) is 13.6. The van der Waals surface area contributed by atoms with Gasteiger partial charge in [0.05, 0.1) is 23.4 Å². The minimum atomic E-state index is -0.349. The van der Waals surface area contributed by atoms with Crippen molar-refractivity contribution in [1.82, 2.24) is 4.90 Å². The average Bonchev–Trinajstić information content (AvgIpc) is 3.24. The van der Waals surface area contributed by atoms with Gasteiger partial charge < -0.3 is 15.0 Å². The maximum absolute atomic E-state index is 12.2. The second-order valence-corrected chi connectivity index (χ2v) is 6.06. The third-order valence-corrected chi connectivity index (χ3v) is 4.23. The summed E-state index contributed by atoms with van der Waals surface area (Å²) >= 11 is 1.24. The van der Waals surface area contributed by atoms with Crippen LogP contribution in [0.25, 0.3) is 0 Å². The molecule has 0 saturated heterocycles. The van der Waals surface area contributed by atoms with Crippen LogP contribution in [-0.2, 0) is 14.3 Å². The highest BCUT2D eigenvalue weighted by Gasteiger charge is 2.30. The molecular formula is C14H18N2O4S. The summed E-state index contributed by atoms with van der Waals surface area (Å²) in [6.45, 7) is 0.299. The van der Waals surface area contributed by atoms with Gasteiger partial charge in [-0.25, -0.2) is 0 Å². The zero-order valence-corrected chi connectivity index (χ0v) is 12.9. The number of methoxy groups -OCH3 is 1. The van der Waals surface area contributed by atoms with Gasteiger partial charge >= 0.3 is 5.97 Å². The van der Waals surface area contributed by atoms with Crippen molar-refractivity contribution in [3.63, 3.8) is 0 Å². The minimum Gasteiger partial charge on any atom is -0.469 e. The third kappa shape index (κ3) is 4.29. The lowest BCUT2D eigenvalue weighted by molar-refractivity contribution is -0.140. The Balaban J connectivity index is 1.88. The topological polar surface area (TPSA) is 75.7 Å². The summed E-state index contributed by atoms with van der Waals surface area (Å²) in [7, 11) is 2.95. The smallest absolute Gasteiger partial charge is 0.307 e. The van der Waals surface area contributed by atoms with E-state index in [0.29, 0.717) is 16.4 Å². The molecular weight excluding hydrogens is 292 g/mol. The molecule has 0 spiro atoms. The standard InChI is InChI=1S/C14H18N2O4S/c1-16(8-7-12(17)20-2)14(19)10-5-6-11(21-10)15-13(18)9-3-4-9/h5-6,9H,3-4,7-8H2,1-2H3,(H,15,18). The van der Waals surface area contributed by atoms with E-state index in [-0.39, 0.29) is 30.1 Å². The molecule has 6 nitrogen and oxygen atoms in total. The van der Waals surface area contributed by atoms with E-state index < -0.39 is 0 Å². The highest BCUT2D eigenvalue weighted by molar-refractivity contribution is 7.18. The lowest BCUT2D eigenvalue weighted by Gasteiger charge is -2.15. The summed E-state index contributed by atoms with van der Waals surface area (Å²) in [5.74, 6) is -0.363. The number of rotatable bonds is 6. The largest absolute Gasteiger partial charge is 0.469 e. The van der Waals surface area contributed by atoms with Crippen molar-refractivity contribution in [2.45, 2.75) is 19.3 Å². The van der Waals surface area contributed by atoms with Crippen LogP contribution in [0.5, 0.6) is 0 Å². The molecule has 0 unspecified atom stereocenters. The number of hydrogen-bond acceptors (Lipinski definition) is 5. The zero-order chi connectivity index (χ0) is 15.4. The molecule has 0 radical (unpaired) electrons. The van der Waals surface area contributed by atoms with Crippen molar-refractivity contribution >= 4 is 34.1 Å². The second kappa shape index (κ2) is 6.71. The summed E-state index contributed by atoms with van der Waals surface area (Å²) in [5.41, 5.74) is 0. The summed E-state index contributed by atoms with van der Waals surface area (Å²) in [4.78, 5) is 36.9. The van der Waals surface area contributed by atoms with Gasteiger partial charge in [0, 0.05) is 19.5 Å². The quantitative estimate of drug-likeness (QED) is 0.812. The summed E-state index contributed by atoms with van der Waals surface area (Å²) in [6, 6.07) is 3.41. The van der Waals surface area contributed by atoms with Gasteiger partial charge in [0.1, 0.15) is 0 Å². The molecule has 114 valence electrons. The van der Waals surface area contributed by atoms with E-state index in [1.807, 2.05) is 0 Å². The Bertz CT molecular complexity index is 551. The molecule has 0 bridgehead atoms. The molecule has 0 aromatic carbocycles. The highest BCUT2D eigenvalue weighted by Crippen LogP contribution is 2.31. The predicted molar refractivity (Wildman–Crippen MR) is 79.3 cm³/mol. The van der Waals surface area contributed by atoms with Gasteiger partial charge in [-0.15, -0.1) is 11.3 Å². The zero-order valence-electron chi connectivity index (χ0n) is 12.0. The van der Waals surface area contributed by atoms with Crippen molar-refractivity contribution in [2.24, 2.45) is 5.92 Å². The Morgan fingerprint density at radius 2 is 2.10 bits per heavy atom. The number of carbonyl (C=O) groups is 3. The molecule has 1 heterocycles. The molecule has 1 fully saturated rings. The summed E-state index contributed by atoms with van der Waals surface area (Å²) < 4.78 is 4.54. The first kappa shape index (κ1) is 15.5. The van der Waals surface area contributed by atoms with Gasteiger partial charge in [-0.2, -0.15) is 0 Å². The Morgan fingerprint density at radius 1 is 1.38 bits per heavy atom. The van der Waals surface area contributed by atoms with E-state index in [9.17, 15) is 14.4 Å². The second-order valence-electron chi connectivity index (χ2n) is 4.98. The molecule has 1 saturated carbocycles. The van der Waals surface area contributed by atoms with Crippen LogP contribution < -0.4 is 5.32 Å². The fraction of sp³-hybridized carbons (Fsp3) is 0.500. The average molecular weight is 310 g/mol.